The molecular weight excluding hydrogens is 268 g/mol. The van der Waals surface area contributed by atoms with Crippen LogP contribution in [0, 0.1) is 6.92 Å². The Morgan fingerprint density at radius 3 is 3.18 bits per heavy atom. The molecule has 0 amide bonds. The van der Waals surface area contributed by atoms with Crippen LogP contribution in [-0.2, 0) is 5.75 Å². The van der Waals surface area contributed by atoms with E-state index < -0.39 is 0 Å². The molecule has 2 nitrogen and oxygen atoms in total. The van der Waals surface area contributed by atoms with Crippen molar-refractivity contribution in [3.8, 4) is 10.6 Å². The summed E-state index contributed by atoms with van der Waals surface area (Å²) >= 11 is 5.30. The number of fused-ring (bicyclic) bond motifs is 5. The summed E-state index contributed by atoms with van der Waals surface area (Å²) in [4.78, 5) is 4.03. The SMILES string of the molecule is Cc1cccc2sc3c(c12)SCc1snnc1-3. The fourth-order valence-corrected chi connectivity index (χ4v) is 5.71. The van der Waals surface area contributed by atoms with Crippen LogP contribution in [0.4, 0.5) is 0 Å². The van der Waals surface area contributed by atoms with Crippen LogP contribution in [-0.4, -0.2) is 9.59 Å². The predicted molar refractivity (Wildman–Crippen MR) is 75.0 cm³/mol. The second-order valence-electron chi connectivity index (χ2n) is 4.04. The van der Waals surface area contributed by atoms with E-state index in [1.54, 1.807) is 0 Å². The number of aromatic nitrogens is 2. The third-order valence-electron chi connectivity index (χ3n) is 3.00. The fourth-order valence-electron chi connectivity index (χ4n) is 2.19. The van der Waals surface area contributed by atoms with Crippen molar-refractivity contribution in [3.63, 3.8) is 0 Å². The van der Waals surface area contributed by atoms with Gasteiger partial charge < -0.3 is 0 Å². The molecule has 0 bridgehead atoms. The molecule has 0 saturated carbocycles. The molecule has 3 heterocycles. The molecule has 0 aliphatic carbocycles. The zero-order valence-electron chi connectivity index (χ0n) is 9.06. The Labute approximate surface area is 111 Å². The maximum atomic E-state index is 4.29. The monoisotopic (exact) mass is 276 g/mol. The third kappa shape index (κ3) is 1.33. The van der Waals surface area contributed by atoms with Gasteiger partial charge in [0.2, 0.25) is 0 Å². The molecular formula is C12H8N2S3. The van der Waals surface area contributed by atoms with Crippen molar-refractivity contribution >= 4 is 44.7 Å². The van der Waals surface area contributed by atoms with Crippen molar-refractivity contribution < 1.29 is 0 Å². The summed E-state index contributed by atoms with van der Waals surface area (Å²) in [5.74, 6) is 1.01. The first-order chi connectivity index (χ1) is 8.34. The molecule has 2 aromatic heterocycles. The van der Waals surface area contributed by atoms with E-state index in [1.807, 2.05) is 23.1 Å². The Morgan fingerprint density at radius 2 is 2.24 bits per heavy atom. The third-order valence-corrected chi connectivity index (χ3v) is 6.32. The summed E-state index contributed by atoms with van der Waals surface area (Å²) in [5, 5.41) is 5.70. The van der Waals surface area contributed by atoms with E-state index >= 15 is 0 Å². The quantitative estimate of drug-likeness (QED) is 0.611. The van der Waals surface area contributed by atoms with Gasteiger partial charge >= 0.3 is 0 Å². The first-order valence-electron chi connectivity index (χ1n) is 5.31. The molecule has 5 heteroatoms. The van der Waals surface area contributed by atoms with Crippen molar-refractivity contribution in [2.24, 2.45) is 0 Å². The summed E-state index contributed by atoms with van der Waals surface area (Å²) in [7, 11) is 0. The minimum atomic E-state index is 1.01. The van der Waals surface area contributed by atoms with Crippen LogP contribution in [0.5, 0.6) is 0 Å². The maximum absolute atomic E-state index is 4.29. The fraction of sp³-hybridized carbons (Fsp3) is 0.167. The molecule has 1 aromatic carbocycles. The molecule has 0 N–H and O–H groups in total. The number of aryl methyl sites for hydroxylation is 1. The molecule has 0 saturated heterocycles. The smallest absolute Gasteiger partial charge is 0.121 e. The lowest BCUT2D eigenvalue weighted by atomic mass is 10.1. The molecule has 3 aromatic rings. The van der Waals surface area contributed by atoms with E-state index in [-0.39, 0.29) is 0 Å². The summed E-state index contributed by atoms with van der Waals surface area (Å²) in [6, 6.07) is 6.51. The van der Waals surface area contributed by atoms with E-state index in [9.17, 15) is 0 Å². The van der Waals surface area contributed by atoms with Gasteiger partial charge in [0.15, 0.2) is 0 Å². The zero-order valence-corrected chi connectivity index (χ0v) is 11.5. The highest BCUT2D eigenvalue weighted by Gasteiger charge is 2.25. The lowest BCUT2D eigenvalue weighted by Crippen LogP contribution is -1.89. The largest absolute Gasteiger partial charge is 0.137 e. The molecule has 0 spiro atoms. The van der Waals surface area contributed by atoms with Crippen LogP contribution in [0.2, 0.25) is 0 Å². The van der Waals surface area contributed by atoms with Gasteiger partial charge in [-0.1, -0.05) is 16.6 Å². The molecule has 84 valence electrons. The summed E-state index contributed by atoms with van der Waals surface area (Å²) in [6.07, 6.45) is 0. The Hall–Kier alpha value is -0.910. The number of hydrogen-bond donors (Lipinski definition) is 0. The van der Waals surface area contributed by atoms with Crippen molar-refractivity contribution in [2.45, 2.75) is 17.6 Å². The van der Waals surface area contributed by atoms with Crippen LogP contribution in [0.1, 0.15) is 10.4 Å². The highest BCUT2D eigenvalue weighted by atomic mass is 32.2. The van der Waals surface area contributed by atoms with Crippen molar-refractivity contribution in [2.75, 3.05) is 0 Å². The maximum Gasteiger partial charge on any atom is 0.121 e. The molecule has 0 unspecified atom stereocenters. The molecule has 4 rings (SSSR count). The Morgan fingerprint density at radius 1 is 1.29 bits per heavy atom. The molecule has 17 heavy (non-hydrogen) atoms. The summed E-state index contributed by atoms with van der Waals surface area (Å²) in [5.41, 5.74) is 2.48. The van der Waals surface area contributed by atoms with Crippen molar-refractivity contribution in [1.29, 1.82) is 0 Å². The van der Waals surface area contributed by atoms with Gasteiger partial charge in [-0.15, -0.1) is 28.2 Å². The molecule has 0 fully saturated rings. The Kier molecular flexibility index (Phi) is 2.09. The molecule has 1 aliphatic rings. The van der Waals surface area contributed by atoms with Gasteiger partial charge in [0.25, 0.3) is 0 Å². The first kappa shape index (κ1) is 10.1. The van der Waals surface area contributed by atoms with Gasteiger partial charge in [-0.2, -0.15) is 0 Å². The molecule has 0 radical (unpaired) electrons. The number of rotatable bonds is 0. The van der Waals surface area contributed by atoms with Gasteiger partial charge in [0.1, 0.15) is 5.69 Å². The minimum absolute atomic E-state index is 1.01. The van der Waals surface area contributed by atoms with Crippen molar-refractivity contribution in [3.05, 3.63) is 28.6 Å². The molecule has 0 atom stereocenters. The van der Waals surface area contributed by atoms with Crippen molar-refractivity contribution in [1.82, 2.24) is 9.59 Å². The lowest BCUT2D eigenvalue weighted by molar-refractivity contribution is 1.15. The van der Waals surface area contributed by atoms with Crippen LogP contribution < -0.4 is 0 Å². The Balaban J connectivity index is 2.14. The highest BCUT2D eigenvalue weighted by molar-refractivity contribution is 7.99. The number of nitrogens with zero attached hydrogens (tertiary/aromatic N) is 2. The normalized spacial score (nSPS) is 13.7. The summed E-state index contributed by atoms with van der Waals surface area (Å²) in [6.45, 7) is 2.19. The molecule has 1 aliphatic heterocycles. The van der Waals surface area contributed by atoms with Gasteiger partial charge in [0.05, 0.1) is 9.75 Å². The lowest BCUT2D eigenvalue weighted by Gasteiger charge is -2.09. The highest BCUT2D eigenvalue weighted by Crippen LogP contribution is 2.50. The van der Waals surface area contributed by atoms with Crippen LogP contribution >= 0.6 is 34.6 Å². The van der Waals surface area contributed by atoms with Gasteiger partial charge in [-0.3, -0.25) is 0 Å². The van der Waals surface area contributed by atoms with Crippen LogP contribution in [0.3, 0.4) is 0 Å². The standard InChI is InChI=1S/C12H8N2S3/c1-6-3-2-4-7-9(6)11-12(16-7)10-8(5-15-11)17-14-13-10/h2-4H,5H2,1H3. The average molecular weight is 276 g/mol. The van der Waals surface area contributed by atoms with E-state index in [4.69, 9.17) is 0 Å². The topological polar surface area (TPSA) is 25.8 Å². The first-order valence-corrected chi connectivity index (χ1v) is 7.88. The van der Waals surface area contributed by atoms with Gasteiger partial charge in [0, 0.05) is 20.7 Å². The van der Waals surface area contributed by atoms with E-state index in [0.717, 1.165) is 11.4 Å². The van der Waals surface area contributed by atoms with Crippen LogP contribution in [0.15, 0.2) is 23.1 Å². The summed E-state index contributed by atoms with van der Waals surface area (Å²) < 4.78 is 5.44. The second kappa shape index (κ2) is 3.54. The second-order valence-corrected chi connectivity index (χ2v) is 6.92. The van der Waals surface area contributed by atoms with Crippen LogP contribution in [0.25, 0.3) is 20.7 Å². The van der Waals surface area contributed by atoms with Gasteiger partial charge in [-0.25, -0.2) is 0 Å². The van der Waals surface area contributed by atoms with E-state index in [0.29, 0.717) is 0 Å². The van der Waals surface area contributed by atoms with E-state index in [1.165, 1.54) is 41.8 Å². The minimum Gasteiger partial charge on any atom is -0.137 e. The number of hydrogen-bond acceptors (Lipinski definition) is 5. The number of thioether (sulfide) groups is 1. The van der Waals surface area contributed by atoms with Gasteiger partial charge in [-0.05, 0) is 30.1 Å². The zero-order chi connectivity index (χ0) is 11.4. The average Bonchev–Trinajstić information content (AvgIpc) is 2.91. The number of benzene rings is 1. The number of thiophene rings is 1. The van der Waals surface area contributed by atoms with E-state index in [2.05, 4.69) is 34.7 Å². The Bertz CT molecular complexity index is 727. The predicted octanol–water partition coefficient (Wildman–Crippen LogP) is 4.33.